The summed E-state index contributed by atoms with van der Waals surface area (Å²) in [4.78, 5) is 0. The van der Waals surface area contributed by atoms with Crippen LogP contribution in [0.4, 0.5) is 18.9 Å². The van der Waals surface area contributed by atoms with Crippen molar-refractivity contribution in [2.45, 2.75) is 6.10 Å². The van der Waals surface area contributed by atoms with Gasteiger partial charge in [-0.1, -0.05) is 24.3 Å². The van der Waals surface area contributed by atoms with Crippen LogP contribution in [0.1, 0.15) is 17.2 Å². The topological polar surface area (TPSA) is 46.2 Å². The first-order valence-corrected chi connectivity index (χ1v) is 5.18. The summed E-state index contributed by atoms with van der Waals surface area (Å²) in [6.07, 6.45) is -1.44. The molecule has 0 aliphatic rings. The number of anilines is 1. The molecule has 2 rings (SSSR count). The van der Waals surface area contributed by atoms with Gasteiger partial charge < -0.3 is 10.8 Å². The fraction of sp³-hybridized carbons (Fsp3) is 0.0769. The Morgan fingerprint density at radius 3 is 2.22 bits per heavy atom. The van der Waals surface area contributed by atoms with Crippen LogP contribution in [-0.2, 0) is 0 Å². The molecule has 2 nitrogen and oxygen atoms in total. The van der Waals surface area contributed by atoms with Gasteiger partial charge in [0, 0.05) is 16.8 Å². The average Bonchev–Trinajstić information content (AvgIpc) is 2.36. The second-order valence-electron chi connectivity index (χ2n) is 3.80. The van der Waals surface area contributed by atoms with E-state index in [0.29, 0.717) is 0 Å². The molecule has 2 aromatic carbocycles. The van der Waals surface area contributed by atoms with Gasteiger partial charge in [-0.15, -0.1) is 0 Å². The number of benzene rings is 2. The molecule has 3 N–H and O–H groups in total. The van der Waals surface area contributed by atoms with Crippen LogP contribution in [0.25, 0.3) is 0 Å². The van der Waals surface area contributed by atoms with Crippen LogP contribution in [0.2, 0.25) is 0 Å². The number of para-hydroxylation sites is 1. The lowest BCUT2D eigenvalue weighted by atomic mass is 9.99. The molecule has 0 radical (unpaired) electrons. The quantitative estimate of drug-likeness (QED) is 0.638. The van der Waals surface area contributed by atoms with Gasteiger partial charge in [-0.05, 0) is 12.1 Å². The summed E-state index contributed by atoms with van der Waals surface area (Å²) in [6.45, 7) is 0. The molecular weight excluding hydrogens is 243 g/mol. The van der Waals surface area contributed by atoms with Crippen molar-refractivity contribution in [1.82, 2.24) is 0 Å². The van der Waals surface area contributed by atoms with Crippen molar-refractivity contribution in [3.05, 3.63) is 65.0 Å². The Kier molecular flexibility index (Phi) is 3.25. The van der Waals surface area contributed by atoms with Crippen LogP contribution in [0, 0.1) is 17.5 Å². The molecule has 1 unspecified atom stereocenters. The molecule has 0 saturated carbocycles. The van der Waals surface area contributed by atoms with Gasteiger partial charge in [-0.25, -0.2) is 13.2 Å². The Balaban J connectivity index is 2.50. The highest BCUT2D eigenvalue weighted by Crippen LogP contribution is 2.29. The highest BCUT2D eigenvalue weighted by Gasteiger charge is 2.21. The minimum Gasteiger partial charge on any atom is -0.398 e. The zero-order valence-electron chi connectivity index (χ0n) is 9.20. The van der Waals surface area contributed by atoms with Crippen molar-refractivity contribution >= 4 is 5.69 Å². The van der Waals surface area contributed by atoms with Crippen molar-refractivity contribution in [2.75, 3.05) is 5.73 Å². The second-order valence-corrected chi connectivity index (χ2v) is 3.80. The number of aliphatic hydroxyl groups excluding tert-OH is 1. The lowest BCUT2D eigenvalue weighted by Gasteiger charge is -2.14. The highest BCUT2D eigenvalue weighted by molar-refractivity contribution is 5.50. The maximum Gasteiger partial charge on any atom is 0.194 e. The summed E-state index contributed by atoms with van der Waals surface area (Å²) in [6, 6.07) is 8.01. The number of halogens is 3. The minimum absolute atomic E-state index is 0.238. The van der Waals surface area contributed by atoms with Gasteiger partial charge in [-0.2, -0.15) is 0 Å². The second kappa shape index (κ2) is 4.70. The average molecular weight is 253 g/mol. The van der Waals surface area contributed by atoms with Crippen molar-refractivity contribution in [3.63, 3.8) is 0 Å². The Morgan fingerprint density at radius 2 is 1.56 bits per heavy atom. The number of nitrogen functional groups attached to an aromatic ring is 1. The van der Waals surface area contributed by atoms with E-state index in [1.165, 1.54) is 12.1 Å². The van der Waals surface area contributed by atoms with E-state index in [1.807, 2.05) is 0 Å². The fourth-order valence-electron chi connectivity index (χ4n) is 1.68. The third-order valence-electron chi connectivity index (χ3n) is 2.65. The number of nitrogens with two attached hydrogens (primary N) is 1. The van der Waals surface area contributed by atoms with E-state index in [-0.39, 0.29) is 16.8 Å². The molecule has 0 aliphatic heterocycles. The van der Waals surface area contributed by atoms with Crippen LogP contribution >= 0.6 is 0 Å². The highest BCUT2D eigenvalue weighted by atomic mass is 19.2. The summed E-state index contributed by atoms with van der Waals surface area (Å²) in [5, 5.41) is 9.96. The van der Waals surface area contributed by atoms with Gasteiger partial charge >= 0.3 is 0 Å². The molecule has 0 amide bonds. The van der Waals surface area contributed by atoms with Gasteiger partial charge in [0.15, 0.2) is 17.5 Å². The van der Waals surface area contributed by atoms with Crippen molar-refractivity contribution in [2.24, 2.45) is 0 Å². The van der Waals surface area contributed by atoms with Gasteiger partial charge in [0.25, 0.3) is 0 Å². The minimum atomic E-state index is -1.61. The number of rotatable bonds is 2. The van der Waals surface area contributed by atoms with E-state index in [1.54, 1.807) is 12.1 Å². The van der Waals surface area contributed by atoms with Gasteiger partial charge in [0.1, 0.15) is 6.10 Å². The van der Waals surface area contributed by atoms with Crippen LogP contribution in [0.15, 0.2) is 36.4 Å². The summed E-state index contributed by atoms with van der Waals surface area (Å²) in [5.74, 6) is -4.32. The monoisotopic (exact) mass is 253 g/mol. The number of hydrogen-bond acceptors (Lipinski definition) is 2. The first-order chi connectivity index (χ1) is 8.52. The Morgan fingerprint density at radius 1 is 0.889 bits per heavy atom. The van der Waals surface area contributed by atoms with Crippen LogP contribution in [-0.4, -0.2) is 5.11 Å². The van der Waals surface area contributed by atoms with Crippen molar-refractivity contribution in [1.29, 1.82) is 0 Å². The molecule has 0 bridgehead atoms. The molecule has 94 valence electrons. The molecule has 1 atom stereocenters. The van der Waals surface area contributed by atoms with E-state index < -0.39 is 23.6 Å². The molecule has 0 aliphatic carbocycles. The maximum absolute atomic E-state index is 13.5. The van der Waals surface area contributed by atoms with Crippen LogP contribution in [0.5, 0.6) is 0 Å². The zero-order valence-corrected chi connectivity index (χ0v) is 9.20. The summed E-state index contributed by atoms with van der Waals surface area (Å²) in [5.41, 5.74) is 5.75. The molecule has 0 heterocycles. The van der Waals surface area contributed by atoms with Crippen LogP contribution in [0.3, 0.4) is 0 Å². The molecule has 0 fully saturated rings. The van der Waals surface area contributed by atoms with Crippen LogP contribution < -0.4 is 5.73 Å². The standard InChI is InChI=1S/C13H10F3NO/c14-9-6-5-8(11(15)12(9)16)13(18)7-3-1-2-4-10(7)17/h1-6,13,18H,17H2. The zero-order chi connectivity index (χ0) is 13.3. The van der Waals surface area contributed by atoms with E-state index >= 15 is 0 Å². The Labute approximate surface area is 101 Å². The largest absolute Gasteiger partial charge is 0.398 e. The molecule has 0 saturated heterocycles. The Hall–Kier alpha value is -2.01. The number of hydrogen-bond donors (Lipinski definition) is 2. The molecule has 18 heavy (non-hydrogen) atoms. The molecule has 2 aromatic rings. The molecule has 0 aromatic heterocycles. The lowest BCUT2D eigenvalue weighted by Crippen LogP contribution is -2.07. The van der Waals surface area contributed by atoms with Crippen molar-refractivity contribution in [3.8, 4) is 0 Å². The molecular formula is C13H10F3NO. The van der Waals surface area contributed by atoms with Gasteiger partial charge in [0.05, 0.1) is 0 Å². The predicted octanol–water partition coefficient (Wildman–Crippen LogP) is 2.77. The van der Waals surface area contributed by atoms with Gasteiger partial charge in [0.2, 0.25) is 0 Å². The molecule has 0 spiro atoms. The summed E-state index contributed by atoms with van der Waals surface area (Å²) >= 11 is 0. The van der Waals surface area contributed by atoms with E-state index in [9.17, 15) is 18.3 Å². The SMILES string of the molecule is Nc1ccccc1C(O)c1ccc(F)c(F)c1F. The summed E-state index contributed by atoms with van der Waals surface area (Å²) in [7, 11) is 0. The summed E-state index contributed by atoms with van der Waals surface area (Å²) < 4.78 is 39.4. The van der Waals surface area contributed by atoms with E-state index in [2.05, 4.69) is 0 Å². The smallest absolute Gasteiger partial charge is 0.194 e. The van der Waals surface area contributed by atoms with E-state index in [0.717, 1.165) is 12.1 Å². The first-order valence-electron chi connectivity index (χ1n) is 5.18. The fourth-order valence-corrected chi connectivity index (χ4v) is 1.68. The lowest BCUT2D eigenvalue weighted by molar-refractivity contribution is 0.213. The van der Waals surface area contributed by atoms with E-state index in [4.69, 9.17) is 5.73 Å². The normalized spacial score (nSPS) is 12.4. The third-order valence-corrected chi connectivity index (χ3v) is 2.65. The van der Waals surface area contributed by atoms with Gasteiger partial charge in [-0.3, -0.25) is 0 Å². The first kappa shape index (κ1) is 12.4. The third kappa shape index (κ3) is 2.04. The predicted molar refractivity (Wildman–Crippen MR) is 61.2 cm³/mol. The van der Waals surface area contributed by atoms with Crippen molar-refractivity contribution < 1.29 is 18.3 Å². The maximum atomic E-state index is 13.5. The Bertz CT molecular complexity index is 586. The number of aliphatic hydroxyl groups is 1. The molecule has 5 heteroatoms.